The van der Waals surface area contributed by atoms with Crippen molar-refractivity contribution in [3.8, 4) is 11.5 Å². The van der Waals surface area contributed by atoms with E-state index < -0.39 is 0 Å². The van der Waals surface area contributed by atoms with Crippen LogP contribution in [-0.4, -0.2) is 18.6 Å². The van der Waals surface area contributed by atoms with E-state index >= 15 is 0 Å². The molecule has 0 aliphatic rings. The molecule has 0 saturated carbocycles. The first kappa shape index (κ1) is 21.8. The molecule has 0 spiro atoms. The van der Waals surface area contributed by atoms with Gasteiger partial charge in [-0.05, 0) is 82.0 Å². The SMILES string of the molecule is CCC[C@H](C)NC(=O)c1ccc(OCC)c(COc2cc(C)cc(C)c2C)c1. The average molecular weight is 384 g/mol. The van der Waals surface area contributed by atoms with Gasteiger partial charge in [0.1, 0.15) is 18.1 Å². The molecule has 28 heavy (non-hydrogen) atoms. The van der Waals surface area contributed by atoms with Crippen molar-refractivity contribution in [2.45, 2.75) is 67.0 Å². The Kier molecular flexibility index (Phi) is 7.91. The second-order valence-electron chi connectivity index (χ2n) is 7.41. The van der Waals surface area contributed by atoms with E-state index in [-0.39, 0.29) is 11.9 Å². The predicted molar refractivity (Wildman–Crippen MR) is 114 cm³/mol. The summed E-state index contributed by atoms with van der Waals surface area (Å²) in [6.07, 6.45) is 2.00. The number of amides is 1. The van der Waals surface area contributed by atoms with Gasteiger partial charge in [-0.15, -0.1) is 0 Å². The molecule has 152 valence electrons. The highest BCUT2D eigenvalue weighted by molar-refractivity contribution is 5.94. The van der Waals surface area contributed by atoms with Gasteiger partial charge in [-0.2, -0.15) is 0 Å². The Balaban J connectivity index is 2.22. The normalized spacial score (nSPS) is 11.8. The van der Waals surface area contributed by atoms with E-state index in [1.54, 1.807) is 0 Å². The summed E-state index contributed by atoms with van der Waals surface area (Å²) in [7, 11) is 0. The van der Waals surface area contributed by atoms with Gasteiger partial charge in [0.05, 0.1) is 6.61 Å². The highest BCUT2D eigenvalue weighted by Gasteiger charge is 2.14. The molecule has 0 bridgehead atoms. The van der Waals surface area contributed by atoms with Crippen LogP contribution in [0.15, 0.2) is 30.3 Å². The molecule has 0 aromatic heterocycles. The van der Waals surface area contributed by atoms with Crippen LogP contribution in [0.5, 0.6) is 11.5 Å². The maximum atomic E-state index is 12.6. The van der Waals surface area contributed by atoms with Crippen LogP contribution in [0.2, 0.25) is 0 Å². The molecule has 4 nitrogen and oxygen atoms in total. The van der Waals surface area contributed by atoms with E-state index in [4.69, 9.17) is 9.47 Å². The molecule has 0 aliphatic heterocycles. The largest absolute Gasteiger partial charge is 0.493 e. The van der Waals surface area contributed by atoms with E-state index in [0.717, 1.165) is 35.5 Å². The van der Waals surface area contributed by atoms with E-state index in [2.05, 4.69) is 39.1 Å². The van der Waals surface area contributed by atoms with Gasteiger partial charge in [0, 0.05) is 17.2 Å². The average Bonchev–Trinajstić information content (AvgIpc) is 2.64. The lowest BCUT2D eigenvalue weighted by molar-refractivity contribution is 0.0938. The van der Waals surface area contributed by atoms with Gasteiger partial charge in [0.2, 0.25) is 0 Å². The lowest BCUT2D eigenvalue weighted by Gasteiger charge is -2.17. The van der Waals surface area contributed by atoms with Crippen molar-refractivity contribution in [3.05, 3.63) is 58.1 Å². The maximum absolute atomic E-state index is 12.6. The fourth-order valence-electron chi connectivity index (χ4n) is 3.25. The second-order valence-corrected chi connectivity index (χ2v) is 7.41. The molecule has 0 aliphatic carbocycles. The summed E-state index contributed by atoms with van der Waals surface area (Å²) in [6.45, 7) is 13.2. The number of hydrogen-bond acceptors (Lipinski definition) is 3. The summed E-state index contributed by atoms with van der Waals surface area (Å²) in [5.74, 6) is 1.56. The van der Waals surface area contributed by atoms with Crippen LogP contribution in [0.4, 0.5) is 0 Å². The van der Waals surface area contributed by atoms with E-state index in [1.165, 1.54) is 11.1 Å². The van der Waals surface area contributed by atoms with E-state index in [1.807, 2.05) is 38.1 Å². The summed E-state index contributed by atoms with van der Waals surface area (Å²) < 4.78 is 11.9. The van der Waals surface area contributed by atoms with Gasteiger partial charge < -0.3 is 14.8 Å². The highest BCUT2D eigenvalue weighted by atomic mass is 16.5. The van der Waals surface area contributed by atoms with Gasteiger partial charge in [-0.1, -0.05) is 19.4 Å². The quantitative estimate of drug-likeness (QED) is 0.621. The molecular formula is C24H33NO3. The van der Waals surface area contributed by atoms with Crippen molar-refractivity contribution in [1.82, 2.24) is 5.32 Å². The Bertz CT molecular complexity index is 814. The number of ether oxygens (including phenoxy) is 2. The van der Waals surface area contributed by atoms with Crippen molar-refractivity contribution in [2.75, 3.05) is 6.61 Å². The van der Waals surface area contributed by atoms with Crippen molar-refractivity contribution in [1.29, 1.82) is 0 Å². The molecule has 4 heteroatoms. The molecule has 0 saturated heterocycles. The molecule has 0 heterocycles. The van der Waals surface area contributed by atoms with Crippen LogP contribution in [-0.2, 0) is 6.61 Å². The first-order valence-corrected chi connectivity index (χ1v) is 10.1. The Morgan fingerprint density at radius 1 is 1.04 bits per heavy atom. The summed E-state index contributed by atoms with van der Waals surface area (Å²) >= 11 is 0. The van der Waals surface area contributed by atoms with Crippen LogP contribution < -0.4 is 14.8 Å². The zero-order chi connectivity index (χ0) is 20.7. The van der Waals surface area contributed by atoms with Gasteiger partial charge in [0.15, 0.2) is 0 Å². The van der Waals surface area contributed by atoms with Gasteiger partial charge >= 0.3 is 0 Å². The summed E-state index contributed by atoms with van der Waals surface area (Å²) in [4.78, 5) is 12.6. The topological polar surface area (TPSA) is 47.6 Å². The molecule has 1 amide bonds. The molecule has 0 fully saturated rings. The molecule has 2 rings (SSSR count). The summed E-state index contributed by atoms with van der Waals surface area (Å²) in [5, 5.41) is 3.05. The second kappa shape index (κ2) is 10.2. The fraction of sp³-hybridized carbons (Fsp3) is 0.458. The number of carbonyl (C=O) groups excluding carboxylic acids is 1. The molecule has 0 unspecified atom stereocenters. The lowest BCUT2D eigenvalue weighted by Crippen LogP contribution is -2.32. The first-order chi connectivity index (χ1) is 13.3. The van der Waals surface area contributed by atoms with Gasteiger partial charge in [0.25, 0.3) is 5.91 Å². The van der Waals surface area contributed by atoms with Crippen LogP contribution >= 0.6 is 0 Å². The molecule has 2 aromatic carbocycles. The highest BCUT2D eigenvalue weighted by Crippen LogP contribution is 2.27. The Hall–Kier alpha value is -2.49. The van der Waals surface area contributed by atoms with Crippen LogP contribution in [0.25, 0.3) is 0 Å². The van der Waals surface area contributed by atoms with Crippen molar-refractivity contribution < 1.29 is 14.3 Å². The van der Waals surface area contributed by atoms with E-state index in [9.17, 15) is 4.79 Å². The molecule has 0 radical (unpaired) electrons. The fourth-order valence-corrected chi connectivity index (χ4v) is 3.25. The van der Waals surface area contributed by atoms with Gasteiger partial charge in [-0.25, -0.2) is 0 Å². The summed E-state index contributed by atoms with van der Waals surface area (Å²) in [6, 6.07) is 9.89. The summed E-state index contributed by atoms with van der Waals surface area (Å²) in [5.41, 5.74) is 5.00. The zero-order valence-corrected chi connectivity index (χ0v) is 18.0. The Labute approximate surface area is 169 Å². The lowest BCUT2D eigenvalue weighted by atomic mass is 10.1. The van der Waals surface area contributed by atoms with Crippen molar-refractivity contribution in [3.63, 3.8) is 0 Å². The zero-order valence-electron chi connectivity index (χ0n) is 18.0. The minimum absolute atomic E-state index is 0.0622. The molecular weight excluding hydrogens is 350 g/mol. The minimum atomic E-state index is -0.0622. The monoisotopic (exact) mass is 383 g/mol. The van der Waals surface area contributed by atoms with Crippen molar-refractivity contribution in [2.24, 2.45) is 0 Å². The molecule has 2 aromatic rings. The number of rotatable bonds is 9. The first-order valence-electron chi connectivity index (χ1n) is 10.1. The number of carbonyl (C=O) groups is 1. The number of hydrogen-bond donors (Lipinski definition) is 1. The third kappa shape index (κ3) is 5.75. The predicted octanol–water partition coefficient (Wildman–Crippen LogP) is 5.51. The van der Waals surface area contributed by atoms with E-state index in [0.29, 0.717) is 18.8 Å². The van der Waals surface area contributed by atoms with Crippen LogP contribution in [0.3, 0.4) is 0 Å². The number of nitrogens with one attached hydrogen (secondary N) is 1. The maximum Gasteiger partial charge on any atom is 0.251 e. The van der Waals surface area contributed by atoms with Crippen LogP contribution in [0, 0.1) is 20.8 Å². The third-order valence-electron chi connectivity index (χ3n) is 4.87. The van der Waals surface area contributed by atoms with Crippen molar-refractivity contribution >= 4 is 5.91 Å². The third-order valence-corrected chi connectivity index (χ3v) is 4.87. The smallest absolute Gasteiger partial charge is 0.251 e. The Morgan fingerprint density at radius 3 is 2.46 bits per heavy atom. The molecule has 1 N–H and O–H groups in total. The minimum Gasteiger partial charge on any atom is -0.493 e. The number of benzene rings is 2. The Morgan fingerprint density at radius 2 is 1.79 bits per heavy atom. The standard InChI is InChI=1S/C24H33NO3/c1-7-9-18(5)25-24(26)20-10-11-22(27-8-2)21(14-20)15-28-23-13-16(3)12-17(4)19(23)6/h10-14,18H,7-9,15H2,1-6H3,(H,25,26)/t18-/m0/s1. The van der Waals surface area contributed by atoms with Crippen LogP contribution in [0.1, 0.15) is 66.2 Å². The molecule has 1 atom stereocenters. The number of aryl methyl sites for hydroxylation is 2. The van der Waals surface area contributed by atoms with Gasteiger partial charge in [-0.3, -0.25) is 4.79 Å².